The molecule has 2 aliphatic rings. The van der Waals surface area contributed by atoms with Gasteiger partial charge in [-0.3, -0.25) is 4.98 Å². The first-order valence-electron chi connectivity index (χ1n) is 13.3. The van der Waals surface area contributed by atoms with Crippen molar-refractivity contribution >= 4 is 52.1 Å². The summed E-state index contributed by atoms with van der Waals surface area (Å²) in [6.07, 6.45) is 1.87. The zero-order chi connectivity index (χ0) is 27.3. The Hall–Kier alpha value is -3.12. The Bertz CT molecular complexity index is 1490. The minimum absolute atomic E-state index is 0.222. The molecule has 4 aromatic rings. The standard InChI is InChI=1S/C30H30N4O4S2/c35-30(36)24-3-1-2-4-27(24)32-29-25-19-22(21-5-8-23(9-6-21)39-33-11-15-37-16-12-33)7-10-26(25)31-20-28(29)40-34-13-17-38-18-14-34/h1-10,19-20H,11-18H2,(H,31,32)(H,35,36). The molecule has 0 spiro atoms. The molecule has 0 bridgehead atoms. The van der Waals surface area contributed by atoms with E-state index in [9.17, 15) is 9.90 Å². The van der Waals surface area contributed by atoms with Crippen LogP contribution in [0.1, 0.15) is 10.4 Å². The van der Waals surface area contributed by atoms with Crippen LogP contribution in [0, 0.1) is 0 Å². The van der Waals surface area contributed by atoms with Gasteiger partial charge in [-0.2, -0.15) is 0 Å². The van der Waals surface area contributed by atoms with Crippen molar-refractivity contribution in [3.8, 4) is 11.1 Å². The molecule has 0 amide bonds. The molecule has 2 aliphatic heterocycles. The Kier molecular flexibility index (Phi) is 8.52. The maximum Gasteiger partial charge on any atom is 0.337 e. The van der Waals surface area contributed by atoms with Crippen molar-refractivity contribution in [3.05, 3.63) is 78.5 Å². The summed E-state index contributed by atoms with van der Waals surface area (Å²) in [5.74, 6) is -0.973. The summed E-state index contributed by atoms with van der Waals surface area (Å²) >= 11 is 3.39. The lowest BCUT2D eigenvalue weighted by Crippen LogP contribution is -2.31. The number of aromatic carboxylic acids is 1. The second-order valence-corrected chi connectivity index (χ2v) is 11.8. The summed E-state index contributed by atoms with van der Waals surface area (Å²) in [5, 5.41) is 14.2. The number of carboxylic acids is 1. The summed E-state index contributed by atoms with van der Waals surface area (Å²) in [6, 6.07) is 21.9. The smallest absolute Gasteiger partial charge is 0.337 e. The molecule has 0 unspecified atom stereocenters. The van der Waals surface area contributed by atoms with Crippen molar-refractivity contribution in [1.29, 1.82) is 0 Å². The molecule has 2 fully saturated rings. The molecule has 2 saturated heterocycles. The molecule has 3 aromatic carbocycles. The first-order valence-corrected chi connectivity index (χ1v) is 14.8. The fourth-order valence-corrected chi connectivity index (χ4v) is 6.59. The number of pyridine rings is 1. The zero-order valence-electron chi connectivity index (χ0n) is 21.9. The van der Waals surface area contributed by atoms with Gasteiger partial charge >= 0.3 is 5.97 Å². The molecule has 2 N–H and O–H groups in total. The minimum atomic E-state index is -0.973. The zero-order valence-corrected chi connectivity index (χ0v) is 23.5. The lowest BCUT2D eigenvalue weighted by molar-refractivity contribution is 0.0698. The Labute approximate surface area is 241 Å². The molecule has 40 heavy (non-hydrogen) atoms. The van der Waals surface area contributed by atoms with Gasteiger partial charge in [-0.15, -0.1) is 0 Å². The van der Waals surface area contributed by atoms with Gasteiger partial charge in [-0.25, -0.2) is 13.4 Å². The Balaban J connectivity index is 1.36. The second-order valence-electron chi connectivity index (χ2n) is 9.49. The molecule has 0 radical (unpaired) electrons. The number of rotatable bonds is 8. The first kappa shape index (κ1) is 27.1. The largest absolute Gasteiger partial charge is 0.478 e. The van der Waals surface area contributed by atoms with E-state index in [1.54, 1.807) is 42.1 Å². The molecule has 6 rings (SSSR count). The predicted octanol–water partition coefficient (Wildman–Crippen LogP) is 6.02. The summed E-state index contributed by atoms with van der Waals surface area (Å²) in [4.78, 5) is 18.9. The van der Waals surface area contributed by atoms with Crippen LogP contribution in [-0.2, 0) is 9.47 Å². The third kappa shape index (κ3) is 6.27. The van der Waals surface area contributed by atoms with Crippen molar-refractivity contribution in [2.24, 2.45) is 0 Å². The van der Waals surface area contributed by atoms with Crippen molar-refractivity contribution in [2.75, 3.05) is 57.9 Å². The highest BCUT2D eigenvalue weighted by atomic mass is 32.2. The topological polar surface area (TPSA) is 87.2 Å². The van der Waals surface area contributed by atoms with E-state index in [-0.39, 0.29) is 5.56 Å². The van der Waals surface area contributed by atoms with E-state index in [0.29, 0.717) is 18.9 Å². The van der Waals surface area contributed by atoms with Crippen LogP contribution in [0.3, 0.4) is 0 Å². The summed E-state index contributed by atoms with van der Waals surface area (Å²) in [5.41, 5.74) is 4.62. The van der Waals surface area contributed by atoms with Crippen LogP contribution in [0.4, 0.5) is 11.4 Å². The van der Waals surface area contributed by atoms with Gasteiger partial charge in [0.25, 0.3) is 0 Å². The van der Waals surface area contributed by atoms with E-state index >= 15 is 0 Å². The quantitative estimate of drug-likeness (QED) is 0.244. The number of benzene rings is 3. The monoisotopic (exact) mass is 574 g/mol. The van der Waals surface area contributed by atoms with Gasteiger partial charge < -0.3 is 19.9 Å². The van der Waals surface area contributed by atoms with E-state index in [0.717, 1.165) is 72.0 Å². The van der Waals surface area contributed by atoms with Crippen molar-refractivity contribution in [1.82, 2.24) is 13.6 Å². The number of ether oxygens (including phenoxy) is 2. The van der Waals surface area contributed by atoms with Crippen LogP contribution in [0.25, 0.3) is 22.0 Å². The number of para-hydroxylation sites is 1. The lowest BCUT2D eigenvalue weighted by atomic mass is 10.0. The summed E-state index contributed by atoms with van der Waals surface area (Å²) in [7, 11) is 0. The number of anilines is 2. The Morgan fingerprint density at radius 3 is 2.17 bits per heavy atom. The summed E-state index contributed by atoms with van der Waals surface area (Å²) < 4.78 is 15.6. The average Bonchev–Trinajstić information content (AvgIpc) is 3.00. The molecular formula is C30H30N4O4S2. The highest BCUT2D eigenvalue weighted by Gasteiger charge is 2.19. The van der Waals surface area contributed by atoms with E-state index in [2.05, 4.69) is 50.3 Å². The first-order chi connectivity index (χ1) is 19.6. The molecule has 8 nitrogen and oxygen atoms in total. The van der Waals surface area contributed by atoms with Crippen molar-refractivity contribution in [3.63, 3.8) is 0 Å². The van der Waals surface area contributed by atoms with Gasteiger partial charge in [0.05, 0.1) is 53.8 Å². The number of hydrogen-bond acceptors (Lipinski definition) is 9. The van der Waals surface area contributed by atoms with E-state index in [1.807, 2.05) is 18.3 Å². The molecule has 0 aliphatic carbocycles. The Morgan fingerprint density at radius 1 is 0.825 bits per heavy atom. The van der Waals surface area contributed by atoms with Gasteiger partial charge in [0.15, 0.2) is 0 Å². The Morgan fingerprint density at radius 2 is 1.48 bits per heavy atom. The normalized spacial score (nSPS) is 16.7. The maximum atomic E-state index is 12.0. The average molecular weight is 575 g/mol. The van der Waals surface area contributed by atoms with Crippen LogP contribution in [-0.4, -0.2) is 77.3 Å². The third-order valence-corrected chi connectivity index (χ3v) is 9.08. The van der Waals surface area contributed by atoms with E-state index < -0.39 is 5.97 Å². The number of morpholine rings is 2. The number of carbonyl (C=O) groups is 1. The molecule has 0 saturated carbocycles. The minimum Gasteiger partial charge on any atom is -0.478 e. The molecule has 206 valence electrons. The molecule has 10 heteroatoms. The highest BCUT2D eigenvalue weighted by Crippen LogP contribution is 2.39. The molecular weight excluding hydrogens is 544 g/mol. The maximum absolute atomic E-state index is 12.0. The van der Waals surface area contributed by atoms with Crippen LogP contribution >= 0.6 is 23.9 Å². The number of fused-ring (bicyclic) bond motifs is 1. The number of hydrogen-bond donors (Lipinski definition) is 2. The SMILES string of the molecule is O=C(O)c1ccccc1Nc1c(SN2CCOCC2)cnc2ccc(-c3ccc(SN4CCOCC4)cc3)cc12. The highest BCUT2D eigenvalue weighted by molar-refractivity contribution is 7.97. The number of aromatic nitrogens is 1. The third-order valence-electron chi connectivity index (χ3n) is 6.84. The number of carboxylic acid groups (broad SMARTS) is 1. The fraction of sp³-hybridized carbons (Fsp3) is 0.267. The van der Waals surface area contributed by atoms with Gasteiger partial charge in [-0.05, 0) is 71.4 Å². The van der Waals surface area contributed by atoms with E-state index in [1.165, 1.54) is 4.90 Å². The second kappa shape index (κ2) is 12.6. The molecule has 1 aromatic heterocycles. The van der Waals surface area contributed by atoms with Crippen molar-refractivity contribution in [2.45, 2.75) is 9.79 Å². The van der Waals surface area contributed by atoms with Gasteiger partial charge in [0, 0.05) is 42.7 Å². The summed E-state index contributed by atoms with van der Waals surface area (Å²) in [6.45, 7) is 6.38. The van der Waals surface area contributed by atoms with Gasteiger partial charge in [0.1, 0.15) is 0 Å². The van der Waals surface area contributed by atoms with Gasteiger partial charge in [0.2, 0.25) is 0 Å². The molecule has 0 atom stereocenters. The van der Waals surface area contributed by atoms with E-state index in [4.69, 9.17) is 14.5 Å². The number of nitrogens with one attached hydrogen (secondary N) is 1. The predicted molar refractivity (Wildman–Crippen MR) is 160 cm³/mol. The van der Waals surface area contributed by atoms with Crippen LogP contribution in [0.2, 0.25) is 0 Å². The molecule has 3 heterocycles. The van der Waals surface area contributed by atoms with Crippen LogP contribution < -0.4 is 5.32 Å². The van der Waals surface area contributed by atoms with Crippen LogP contribution in [0.5, 0.6) is 0 Å². The van der Waals surface area contributed by atoms with Crippen LogP contribution in [0.15, 0.2) is 82.7 Å². The fourth-order valence-electron chi connectivity index (χ4n) is 4.74. The van der Waals surface area contributed by atoms with Crippen molar-refractivity contribution < 1.29 is 19.4 Å². The van der Waals surface area contributed by atoms with Gasteiger partial charge in [-0.1, -0.05) is 30.3 Å². The lowest BCUT2D eigenvalue weighted by Gasteiger charge is -2.26. The number of nitrogens with zero attached hydrogens (tertiary/aromatic N) is 3.